The van der Waals surface area contributed by atoms with Crippen molar-refractivity contribution >= 4 is 40.7 Å². The molecule has 5 nitrogen and oxygen atoms in total. The molecule has 1 aromatic heterocycles. The fourth-order valence-corrected chi connectivity index (χ4v) is 1.72. The van der Waals surface area contributed by atoms with E-state index in [4.69, 9.17) is 27.6 Å². The van der Waals surface area contributed by atoms with Crippen LogP contribution in [0.4, 0.5) is 5.69 Å². The maximum Gasteiger partial charge on any atom is 0.313 e. The molecule has 2 N–H and O–H groups in total. The van der Waals surface area contributed by atoms with Crippen LogP contribution in [0.25, 0.3) is 0 Å². The molecule has 20 heavy (non-hydrogen) atoms. The highest BCUT2D eigenvalue weighted by Gasteiger charge is 2.14. The average molecular weight is 313 g/mol. The number of anilines is 1. The van der Waals surface area contributed by atoms with Gasteiger partial charge in [-0.3, -0.25) is 9.59 Å². The number of hydrogen-bond acceptors (Lipinski definition) is 3. The van der Waals surface area contributed by atoms with Gasteiger partial charge in [-0.2, -0.15) is 0 Å². The van der Waals surface area contributed by atoms with E-state index in [9.17, 15) is 9.59 Å². The van der Waals surface area contributed by atoms with Crippen molar-refractivity contribution in [3.05, 3.63) is 52.4 Å². The first-order valence-electron chi connectivity index (χ1n) is 5.63. The summed E-state index contributed by atoms with van der Waals surface area (Å²) >= 11 is 11.6. The van der Waals surface area contributed by atoms with Gasteiger partial charge in [-0.05, 0) is 30.3 Å². The third kappa shape index (κ3) is 3.76. The molecule has 0 saturated carbocycles. The summed E-state index contributed by atoms with van der Waals surface area (Å²) in [6, 6.07) is 7.92. The lowest BCUT2D eigenvalue weighted by molar-refractivity contribution is -0.136. The largest absolute Gasteiger partial charge is 0.467 e. The first-order chi connectivity index (χ1) is 9.56. The van der Waals surface area contributed by atoms with Crippen LogP contribution >= 0.6 is 23.2 Å². The number of benzene rings is 1. The van der Waals surface area contributed by atoms with Crippen LogP contribution in [0.5, 0.6) is 0 Å². The zero-order valence-electron chi connectivity index (χ0n) is 10.2. The summed E-state index contributed by atoms with van der Waals surface area (Å²) in [4.78, 5) is 23.2. The molecule has 2 aromatic rings. The number of hydrogen-bond donors (Lipinski definition) is 2. The molecule has 0 bridgehead atoms. The van der Waals surface area contributed by atoms with Crippen molar-refractivity contribution in [1.29, 1.82) is 0 Å². The van der Waals surface area contributed by atoms with Crippen LogP contribution in [0.1, 0.15) is 5.76 Å². The second-order valence-corrected chi connectivity index (χ2v) is 4.66. The molecule has 2 amide bonds. The Labute approximate surface area is 124 Å². The predicted octanol–water partition coefficient (Wildman–Crippen LogP) is 2.84. The van der Waals surface area contributed by atoms with Crippen molar-refractivity contribution in [2.24, 2.45) is 0 Å². The summed E-state index contributed by atoms with van der Waals surface area (Å²) in [7, 11) is 0. The van der Waals surface area contributed by atoms with Crippen LogP contribution in [0.15, 0.2) is 41.0 Å². The topological polar surface area (TPSA) is 71.3 Å². The molecule has 2 rings (SSSR count). The van der Waals surface area contributed by atoms with E-state index >= 15 is 0 Å². The minimum atomic E-state index is -0.796. The van der Waals surface area contributed by atoms with Gasteiger partial charge in [0.1, 0.15) is 5.76 Å². The van der Waals surface area contributed by atoms with Crippen molar-refractivity contribution < 1.29 is 14.0 Å². The normalized spacial score (nSPS) is 10.1. The second kappa shape index (κ2) is 6.45. The summed E-state index contributed by atoms with van der Waals surface area (Å²) in [5.41, 5.74) is 0.387. The number of amides is 2. The molecule has 0 saturated heterocycles. The summed E-state index contributed by atoms with van der Waals surface area (Å²) < 4.78 is 5.03. The van der Waals surface area contributed by atoms with E-state index < -0.39 is 11.8 Å². The number of carbonyl (C=O) groups excluding carboxylic acids is 2. The molecule has 0 aliphatic rings. The van der Waals surface area contributed by atoms with Gasteiger partial charge in [0.15, 0.2) is 0 Å². The minimum absolute atomic E-state index is 0.140. The van der Waals surface area contributed by atoms with Crippen LogP contribution in [0, 0.1) is 0 Å². The highest BCUT2D eigenvalue weighted by atomic mass is 35.5. The van der Waals surface area contributed by atoms with E-state index in [0.717, 1.165) is 0 Å². The van der Waals surface area contributed by atoms with Crippen molar-refractivity contribution in [1.82, 2.24) is 5.32 Å². The lowest BCUT2D eigenvalue weighted by Crippen LogP contribution is -2.34. The molecule has 0 radical (unpaired) electrons. The SMILES string of the molecule is O=C(NCc1ccco1)C(=O)Nc1ccc(Cl)c(Cl)c1. The molecule has 0 fully saturated rings. The molecule has 0 atom stereocenters. The minimum Gasteiger partial charge on any atom is -0.467 e. The highest BCUT2D eigenvalue weighted by Crippen LogP contribution is 2.24. The van der Waals surface area contributed by atoms with E-state index in [1.54, 1.807) is 18.2 Å². The molecule has 0 unspecified atom stereocenters. The van der Waals surface area contributed by atoms with Crippen molar-refractivity contribution in [3.8, 4) is 0 Å². The van der Waals surface area contributed by atoms with Gasteiger partial charge in [0, 0.05) is 5.69 Å². The number of halogens is 2. The summed E-state index contributed by atoms with van der Waals surface area (Å²) in [6.45, 7) is 0.140. The smallest absolute Gasteiger partial charge is 0.313 e. The van der Waals surface area contributed by atoms with Gasteiger partial charge < -0.3 is 15.1 Å². The first kappa shape index (κ1) is 14.4. The summed E-state index contributed by atoms with van der Waals surface area (Å²) in [5, 5.41) is 5.50. The zero-order chi connectivity index (χ0) is 14.5. The van der Waals surface area contributed by atoms with Gasteiger partial charge in [-0.15, -0.1) is 0 Å². The Morgan fingerprint density at radius 1 is 1.10 bits per heavy atom. The number of furan rings is 1. The Balaban J connectivity index is 1.90. The van der Waals surface area contributed by atoms with Crippen LogP contribution in [0.3, 0.4) is 0 Å². The van der Waals surface area contributed by atoms with Gasteiger partial charge in [0.25, 0.3) is 0 Å². The molecular weight excluding hydrogens is 303 g/mol. The third-order valence-corrected chi connectivity index (χ3v) is 3.13. The lowest BCUT2D eigenvalue weighted by atomic mass is 10.3. The van der Waals surface area contributed by atoms with E-state index in [1.165, 1.54) is 18.4 Å². The van der Waals surface area contributed by atoms with Gasteiger partial charge in [-0.1, -0.05) is 23.2 Å². The van der Waals surface area contributed by atoms with E-state index in [0.29, 0.717) is 21.5 Å². The Hall–Kier alpha value is -1.98. The summed E-state index contributed by atoms with van der Waals surface area (Å²) in [5.74, 6) is -1.01. The molecule has 0 aliphatic carbocycles. The molecule has 7 heteroatoms. The molecule has 104 valence electrons. The lowest BCUT2D eigenvalue weighted by Gasteiger charge is -2.06. The van der Waals surface area contributed by atoms with Crippen LogP contribution in [-0.4, -0.2) is 11.8 Å². The maximum absolute atomic E-state index is 11.6. The number of rotatable bonds is 3. The van der Waals surface area contributed by atoms with Crippen molar-refractivity contribution in [2.45, 2.75) is 6.54 Å². The quantitative estimate of drug-likeness (QED) is 0.856. The Kier molecular flexibility index (Phi) is 4.65. The van der Waals surface area contributed by atoms with Crippen LogP contribution in [0.2, 0.25) is 10.0 Å². The molecule has 1 aromatic carbocycles. The summed E-state index contributed by atoms with van der Waals surface area (Å²) in [6.07, 6.45) is 1.48. The Bertz CT molecular complexity index is 627. The Morgan fingerprint density at radius 2 is 1.90 bits per heavy atom. The van der Waals surface area contributed by atoms with E-state index in [1.807, 2.05) is 0 Å². The van der Waals surface area contributed by atoms with E-state index in [2.05, 4.69) is 10.6 Å². The van der Waals surface area contributed by atoms with E-state index in [-0.39, 0.29) is 6.54 Å². The maximum atomic E-state index is 11.6. The van der Waals surface area contributed by atoms with Crippen molar-refractivity contribution in [2.75, 3.05) is 5.32 Å². The molecular formula is C13H10Cl2N2O3. The average Bonchev–Trinajstić information content (AvgIpc) is 2.93. The fourth-order valence-electron chi connectivity index (χ4n) is 1.42. The third-order valence-electron chi connectivity index (χ3n) is 2.39. The zero-order valence-corrected chi connectivity index (χ0v) is 11.7. The molecule has 0 spiro atoms. The standard InChI is InChI=1S/C13H10Cl2N2O3/c14-10-4-3-8(6-11(10)15)17-13(19)12(18)16-7-9-2-1-5-20-9/h1-6H,7H2,(H,16,18)(H,17,19). The molecule has 0 aliphatic heterocycles. The molecule has 1 heterocycles. The van der Waals surface area contributed by atoms with Crippen LogP contribution in [-0.2, 0) is 16.1 Å². The van der Waals surface area contributed by atoms with Crippen molar-refractivity contribution in [3.63, 3.8) is 0 Å². The predicted molar refractivity (Wildman–Crippen MR) is 75.6 cm³/mol. The number of nitrogens with one attached hydrogen (secondary N) is 2. The number of carbonyl (C=O) groups is 2. The fraction of sp³-hybridized carbons (Fsp3) is 0.0769. The van der Waals surface area contributed by atoms with Gasteiger partial charge >= 0.3 is 11.8 Å². The highest BCUT2D eigenvalue weighted by molar-refractivity contribution is 6.42. The first-order valence-corrected chi connectivity index (χ1v) is 6.38. The van der Waals surface area contributed by atoms with Crippen LogP contribution < -0.4 is 10.6 Å². The second-order valence-electron chi connectivity index (χ2n) is 3.85. The van der Waals surface area contributed by atoms with Gasteiger partial charge in [0.05, 0.1) is 22.9 Å². The van der Waals surface area contributed by atoms with Gasteiger partial charge in [-0.25, -0.2) is 0 Å². The van der Waals surface area contributed by atoms with Gasteiger partial charge in [0.2, 0.25) is 0 Å². The Morgan fingerprint density at radius 3 is 2.55 bits per heavy atom. The monoisotopic (exact) mass is 312 g/mol.